The number of nitrogens with zero attached hydrogens (tertiary/aromatic N) is 4. The van der Waals surface area contributed by atoms with E-state index in [1.54, 1.807) is 12.4 Å². The highest BCUT2D eigenvalue weighted by molar-refractivity contribution is 5.84. The molecule has 1 fully saturated rings. The Balaban J connectivity index is 1.50. The third-order valence-corrected chi connectivity index (χ3v) is 6.21. The molecule has 0 bridgehead atoms. The zero-order valence-electron chi connectivity index (χ0n) is 16.8. The molecule has 3 aromatic rings. The van der Waals surface area contributed by atoms with E-state index in [2.05, 4.69) is 40.4 Å². The van der Waals surface area contributed by atoms with Crippen LogP contribution in [0.15, 0.2) is 73.2 Å². The minimum atomic E-state index is -0.226. The summed E-state index contributed by atoms with van der Waals surface area (Å²) in [7, 11) is 0. The quantitative estimate of drug-likeness (QED) is 0.462. The van der Waals surface area contributed by atoms with Crippen LogP contribution in [-0.4, -0.2) is 30.7 Å². The summed E-state index contributed by atoms with van der Waals surface area (Å²) in [6, 6.07) is 18.0. The minimum Gasteiger partial charge on any atom is -0.393 e. The number of hydrogen-bond donors (Lipinski definition) is 2. The average Bonchev–Trinajstić information content (AvgIpc) is 3.28. The van der Waals surface area contributed by atoms with Crippen molar-refractivity contribution in [2.75, 3.05) is 5.73 Å². The molecule has 4 heterocycles. The van der Waals surface area contributed by atoms with Crippen molar-refractivity contribution in [1.29, 1.82) is 0 Å². The standard InChI is InChI=1S/C25H21N5O/c26-25-19-8-10-28-24(19)20(16-11-18(31)12-16)14-30(25)17-6-4-15-5-7-22(29-23(15)13-17)21-3-1-2-9-27-21/h1-10,13-14,16,18,31H,11-12,26H2. The normalized spacial score (nSPS) is 18.4. The van der Waals surface area contributed by atoms with E-state index in [0.29, 0.717) is 11.7 Å². The first kappa shape index (κ1) is 18.0. The Labute approximate surface area is 179 Å². The first-order valence-corrected chi connectivity index (χ1v) is 10.4. The molecule has 0 saturated heterocycles. The molecule has 31 heavy (non-hydrogen) atoms. The number of anilines is 1. The predicted octanol–water partition coefficient (Wildman–Crippen LogP) is 4.41. The van der Waals surface area contributed by atoms with Crippen LogP contribution in [0.4, 0.5) is 5.82 Å². The number of aliphatic hydroxyl groups excluding tert-OH is 1. The van der Waals surface area contributed by atoms with Gasteiger partial charge in [-0.2, -0.15) is 0 Å². The SMILES string of the molecule is Nc1c2ccnc-2c(C2CC(O)C2)cn1-c1ccc2ccc(-c3ccccn3)nc2c1. The lowest BCUT2D eigenvalue weighted by Gasteiger charge is -2.33. The van der Waals surface area contributed by atoms with Crippen LogP contribution in [-0.2, 0) is 0 Å². The minimum absolute atomic E-state index is 0.226. The number of hydrogen-bond acceptors (Lipinski definition) is 5. The topological polar surface area (TPSA) is 89.8 Å². The number of rotatable bonds is 3. The number of pyridine rings is 3. The summed E-state index contributed by atoms with van der Waals surface area (Å²) in [5.74, 6) is 0.949. The fourth-order valence-corrected chi connectivity index (χ4v) is 4.44. The van der Waals surface area contributed by atoms with Crippen LogP contribution in [0.2, 0.25) is 0 Å². The van der Waals surface area contributed by atoms with E-state index in [1.165, 1.54) is 0 Å². The molecule has 6 heteroatoms. The van der Waals surface area contributed by atoms with Crippen LogP contribution in [0.5, 0.6) is 0 Å². The number of aromatic nitrogens is 4. The first-order valence-electron chi connectivity index (χ1n) is 10.4. The van der Waals surface area contributed by atoms with E-state index in [9.17, 15) is 5.11 Å². The van der Waals surface area contributed by atoms with Gasteiger partial charge in [-0.15, -0.1) is 0 Å². The number of nitrogen functional groups attached to an aromatic ring is 1. The molecule has 3 aliphatic rings. The van der Waals surface area contributed by atoms with Crippen molar-refractivity contribution in [3.05, 3.63) is 78.8 Å². The molecule has 0 spiro atoms. The van der Waals surface area contributed by atoms with E-state index in [-0.39, 0.29) is 6.10 Å². The number of benzene rings is 1. The lowest BCUT2D eigenvalue weighted by molar-refractivity contribution is 0.0746. The van der Waals surface area contributed by atoms with E-state index in [4.69, 9.17) is 10.7 Å². The predicted molar refractivity (Wildman–Crippen MR) is 121 cm³/mol. The summed E-state index contributed by atoms with van der Waals surface area (Å²) in [5, 5.41) is 10.9. The molecule has 1 aromatic carbocycles. The van der Waals surface area contributed by atoms with Gasteiger partial charge in [0.05, 0.1) is 28.7 Å². The molecule has 0 atom stereocenters. The van der Waals surface area contributed by atoms with Crippen LogP contribution in [0.3, 0.4) is 0 Å². The number of nitrogens with two attached hydrogens (primary N) is 1. The summed E-state index contributed by atoms with van der Waals surface area (Å²) in [6.07, 6.45) is 6.94. The van der Waals surface area contributed by atoms with Crippen molar-refractivity contribution < 1.29 is 5.11 Å². The molecule has 6 rings (SSSR count). The molecule has 0 amide bonds. The fourth-order valence-electron chi connectivity index (χ4n) is 4.44. The van der Waals surface area contributed by atoms with Gasteiger partial charge in [-0.05, 0) is 60.7 Å². The van der Waals surface area contributed by atoms with Crippen molar-refractivity contribution in [1.82, 2.24) is 19.5 Å². The van der Waals surface area contributed by atoms with Crippen LogP contribution >= 0.6 is 0 Å². The van der Waals surface area contributed by atoms with Crippen LogP contribution in [0.1, 0.15) is 24.3 Å². The summed E-state index contributed by atoms with van der Waals surface area (Å²) < 4.78 is 2.01. The monoisotopic (exact) mass is 407 g/mol. The second-order valence-corrected chi connectivity index (χ2v) is 8.16. The Bertz CT molecular complexity index is 1370. The van der Waals surface area contributed by atoms with Crippen LogP contribution in [0.25, 0.3) is 39.2 Å². The van der Waals surface area contributed by atoms with Gasteiger partial charge in [0.2, 0.25) is 0 Å². The van der Waals surface area contributed by atoms with Gasteiger partial charge < -0.3 is 15.4 Å². The number of fused-ring (bicyclic) bond motifs is 2. The molecule has 0 radical (unpaired) electrons. The first-order chi connectivity index (χ1) is 15.2. The molecule has 1 aliphatic carbocycles. The van der Waals surface area contributed by atoms with Gasteiger partial charge in [-0.25, -0.2) is 4.98 Å². The van der Waals surface area contributed by atoms with E-state index < -0.39 is 0 Å². The molecular weight excluding hydrogens is 386 g/mol. The van der Waals surface area contributed by atoms with Crippen molar-refractivity contribution in [2.24, 2.45) is 0 Å². The molecule has 6 nitrogen and oxygen atoms in total. The third kappa shape index (κ3) is 2.95. The van der Waals surface area contributed by atoms with Crippen molar-refractivity contribution in [3.63, 3.8) is 0 Å². The maximum absolute atomic E-state index is 9.82. The summed E-state index contributed by atoms with van der Waals surface area (Å²) in [5.41, 5.74) is 13.1. The van der Waals surface area contributed by atoms with Gasteiger partial charge in [-0.1, -0.05) is 18.2 Å². The number of aliphatic hydroxyl groups is 1. The van der Waals surface area contributed by atoms with E-state index >= 15 is 0 Å². The van der Waals surface area contributed by atoms with Crippen molar-refractivity contribution >= 4 is 16.7 Å². The molecule has 1 saturated carbocycles. The Morgan fingerprint density at radius 1 is 0.935 bits per heavy atom. The Morgan fingerprint density at radius 3 is 2.61 bits per heavy atom. The Hall–Kier alpha value is -3.77. The molecule has 0 unspecified atom stereocenters. The average molecular weight is 407 g/mol. The zero-order valence-corrected chi connectivity index (χ0v) is 16.8. The van der Waals surface area contributed by atoms with E-state index in [1.807, 2.05) is 34.9 Å². The summed E-state index contributed by atoms with van der Waals surface area (Å²) >= 11 is 0. The van der Waals surface area contributed by atoms with Gasteiger partial charge in [-0.3, -0.25) is 9.97 Å². The van der Waals surface area contributed by atoms with Crippen LogP contribution < -0.4 is 5.73 Å². The third-order valence-electron chi connectivity index (χ3n) is 6.21. The molecule has 2 aliphatic heterocycles. The highest BCUT2D eigenvalue weighted by Crippen LogP contribution is 2.43. The van der Waals surface area contributed by atoms with E-state index in [0.717, 1.165) is 57.6 Å². The van der Waals surface area contributed by atoms with Crippen molar-refractivity contribution in [3.8, 4) is 28.3 Å². The Morgan fingerprint density at radius 2 is 1.81 bits per heavy atom. The molecule has 152 valence electrons. The molecule has 3 N–H and O–H groups in total. The largest absolute Gasteiger partial charge is 0.393 e. The highest BCUT2D eigenvalue weighted by Gasteiger charge is 2.32. The van der Waals surface area contributed by atoms with Gasteiger partial charge in [0.1, 0.15) is 5.82 Å². The van der Waals surface area contributed by atoms with Gasteiger partial charge in [0, 0.05) is 35.2 Å². The van der Waals surface area contributed by atoms with Crippen molar-refractivity contribution in [2.45, 2.75) is 24.9 Å². The summed E-state index contributed by atoms with van der Waals surface area (Å²) in [6.45, 7) is 0. The second-order valence-electron chi connectivity index (χ2n) is 8.16. The van der Waals surface area contributed by atoms with Gasteiger partial charge >= 0.3 is 0 Å². The molecule has 2 aromatic heterocycles. The maximum Gasteiger partial charge on any atom is 0.117 e. The lowest BCUT2D eigenvalue weighted by atomic mass is 9.77. The lowest BCUT2D eigenvalue weighted by Crippen LogP contribution is -2.27. The summed E-state index contributed by atoms with van der Waals surface area (Å²) in [4.78, 5) is 13.8. The fraction of sp³-hybridized carbons (Fsp3) is 0.160. The maximum atomic E-state index is 9.82. The molecular formula is C25H21N5O. The van der Waals surface area contributed by atoms with Gasteiger partial charge in [0.25, 0.3) is 0 Å². The second kappa shape index (κ2) is 6.89. The van der Waals surface area contributed by atoms with Crippen LogP contribution in [0, 0.1) is 0 Å². The smallest absolute Gasteiger partial charge is 0.117 e. The van der Waals surface area contributed by atoms with Gasteiger partial charge in [0.15, 0.2) is 0 Å². The Kier molecular flexibility index (Phi) is 4.01. The zero-order chi connectivity index (χ0) is 20.9. The highest BCUT2D eigenvalue weighted by atomic mass is 16.3.